The summed E-state index contributed by atoms with van der Waals surface area (Å²) in [6.45, 7) is 0.732. The van der Waals surface area contributed by atoms with E-state index in [0.29, 0.717) is 6.42 Å². The van der Waals surface area contributed by atoms with E-state index in [4.69, 9.17) is 0 Å². The van der Waals surface area contributed by atoms with Crippen LogP contribution in [0, 0.1) is 0 Å². The minimum atomic E-state index is -0.997. The Morgan fingerprint density at radius 2 is 2.14 bits per heavy atom. The van der Waals surface area contributed by atoms with Gasteiger partial charge in [-0.2, -0.15) is 0 Å². The standard InChI is InChI=1S/C15H17N3O2S/c19-15(20)10-5-3-7-18(10)13-12-9-4-1-2-6-11(9)21-14(12)17-8-16-13/h8,10H,1-7H2,(H,19,20)/p-1/t10-/m0/s1. The van der Waals surface area contributed by atoms with Crippen LogP contribution in [0.5, 0.6) is 0 Å². The van der Waals surface area contributed by atoms with Gasteiger partial charge in [0.15, 0.2) is 0 Å². The highest BCUT2D eigenvalue weighted by Crippen LogP contribution is 2.40. The van der Waals surface area contributed by atoms with Gasteiger partial charge in [-0.3, -0.25) is 0 Å². The summed E-state index contributed by atoms with van der Waals surface area (Å²) >= 11 is 1.74. The Balaban J connectivity index is 1.88. The van der Waals surface area contributed by atoms with E-state index in [-0.39, 0.29) is 0 Å². The first-order valence-electron chi connectivity index (χ1n) is 7.48. The number of hydrogen-bond donors (Lipinski definition) is 0. The molecule has 2 aromatic rings. The normalized spacial score (nSPS) is 21.7. The first-order chi connectivity index (χ1) is 10.3. The van der Waals surface area contributed by atoms with Crippen molar-refractivity contribution in [2.24, 2.45) is 0 Å². The van der Waals surface area contributed by atoms with Gasteiger partial charge in [-0.25, -0.2) is 9.97 Å². The minimum Gasteiger partial charge on any atom is -0.548 e. The Hall–Kier alpha value is -1.69. The highest BCUT2D eigenvalue weighted by Gasteiger charge is 2.30. The Kier molecular flexibility index (Phi) is 3.06. The molecule has 0 bridgehead atoms. The molecule has 4 rings (SSSR count). The summed E-state index contributed by atoms with van der Waals surface area (Å²) in [5.74, 6) is -0.200. The van der Waals surface area contributed by atoms with Gasteiger partial charge >= 0.3 is 0 Å². The summed E-state index contributed by atoms with van der Waals surface area (Å²) in [4.78, 5) is 24.5. The molecule has 0 spiro atoms. The second-order valence-electron chi connectivity index (χ2n) is 5.76. The molecule has 1 fully saturated rings. The number of anilines is 1. The second kappa shape index (κ2) is 4.94. The van der Waals surface area contributed by atoms with Crippen LogP contribution in [0.1, 0.15) is 36.1 Å². The predicted octanol–water partition coefficient (Wildman–Crippen LogP) is 1.29. The number of nitrogens with zero attached hydrogens (tertiary/aromatic N) is 3. The number of aliphatic carboxylic acids is 1. The van der Waals surface area contributed by atoms with Crippen LogP contribution < -0.4 is 10.0 Å². The molecule has 0 aromatic carbocycles. The summed E-state index contributed by atoms with van der Waals surface area (Å²) in [5.41, 5.74) is 1.35. The molecule has 21 heavy (non-hydrogen) atoms. The zero-order chi connectivity index (χ0) is 14.4. The van der Waals surface area contributed by atoms with Crippen molar-refractivity contribution in [2.45, 2.75) is 44.6 Å². The lowest BCUT2D eigenvalue weighted by atomic mass is 9.97. The van der Waals surface area contributed by atoms with Crippen molar-refractivity contribution in [3.05, 3.63) is 16.8 Å². The number of carboxylic acid groups (broad SMARTS) is 1. The van der Waals surface area contributed by atoms with Gasteiger partial charge in [-0.05, 0) is 44.1 Å². The van der Waals surface area contributed by atoms with E-state index in [0.717, 1.165) is 41.8 Å². The van der Waals surface area contributed by atoms with E-state index in [1.165, 1.54) is 23.3 Å². The summed E-state index contributed by atoms with van der Waals surface area (Å²) in [6.07, 6.45) is 7.66. The molecule has 110 valence electrons. The van der Waals surface area contributed by atoms with E-state index in [2.05, 4.69) is 9.97 Å². The molecule has 0 unspecified atom stereocenters. The van der Waals surface area contributed by atoms with E-state index < -0.39 is 12.0 Å². The average Bonchev–Trinajstić information content (AvgIpc) is 3.11. The molecule has 0 N–H and O–H groups in total. The molecule has 6 heteroatoms. The van der Waals surface area contributed by atoms with Crippen LogP contribution in [0.15, 0.2) is 6.33 Å². The maximum atomic E-state index is 11.4. The Labute approximate surface area is 126 Å². The van der Waals surface area contributed by atoms with E-state index in [1.807, 2.05) is 4.90 Å². The number of hydrogen-bond acceptors (Lipinski definition) is 6. The van der Waals surface area contributed by atoms with Gasteiger partial charge < -0.3 is 14.8 Å². The molecule has 0 saturated carbocycles. The summed E-state index contributed by atoms with van der Waals surface area (Å²) in [7, 11) is 0. The van der Waals surface area contributed by atoms with Crippen molar-refractivity contribution >= 4 is 33.3 Å². The summed E-state index contributed by atoms with van der Waals surface area (Å²) < 4.78 is 0. The molecular formula is C15H16N3O2S-. The number of fused-ring (bicyclic) bond motifs is 3. The SMILES string of the molecule is O=C([O-])[C@@H]1CCCN1c1ncnc2sc3c(c12)CCCC3. The molecule has 0 amide bonds. The Morgan fingerprint density at radius 1 is 1.29 bits per heavy atom. The largest absolute Gasteiger partial charge is 0.548 e. The van der Waals surface area contributed by atoms with E-state index in [9.17, 15) is 9.90 Å². The molecule has 1 saturated heterocycles. The van der Waals surface area contributed by atoms with Crippen LogP contribution in [0.4, 0.5) is 5.82 Å². The highest BCUT2D eigenvalue weighted by molar-refractivity contribution is 7.19. The fourth-order valence-electron chi connectivity index (χ4n) is 3.56. The van der Waals surface area contributed by atoms with Gasteiger partial charge in [-0.1, -0.05) is 0 Å². The lowest BCUT2D eigenvalue weighted by Gasteiger charge is -2.27. The minimum absolute atomic E-state index is 0.553. The smallest absolute Gasteiger partial charge is 0.141 e. The van der Waals surface area contributed by atoms with Crippen molar-refractivity contribution in [2.75, 3.05) is 11.4 Å². The first-order valence-corrected chi connectivity index (χ1v) is 8.30. The lowest BCUT2D eigenvalue weighted by molar-refractivity contribution is -0.307. The number of rotatable bonds is 2. The zero-order valence-electron chi connectivity index (χ0n) is 11.7. The third kappa shape index (κ3) is 2.00. The monoisotopic (exact) mass is 302 g/mol. The quantitative estimate of drug-likeness (QED) is 0.836. The molecule has 0 radical (unpaired) electrons. The van der Waals surface area contributed by atoms with Gasteiger partial charge in [-0.15, -0.1) is 11.3 Å². The van der Waals surface area contributed by atoms with Crippen LogP contribution in [0.3, 0.4) is 0 Å². The number of carbonyl (C=O) groups excluding carboxylic acids is 1. The van der Waals surface area contributed by atoms with Gasteiger partial charge in [0.05, 0.1) is 17.4 Å². The molecular weight excluding hydrogens is 286 g/mol. The summed E-state index contributed by atoms with van der Waals surface area (Å²) in [5, 5.41) is 12.4. The first kappa shape index (κ1) is 13.0. The number of carbonyl (C=O) groups is 1. The predicted molar refractivity (Wildman–Crippen MR) is 79.4 cm³/mol. The fourth-order valence-corrected chi connectivity index (χ4v) is 4.78. The topological polar surface area (TPSA) is 69.2 Å². The van der Waals surface area contributed by atoms with Crippen LogP contribution in [0.2, 0.25) is 0 Å². The number of carboxylic acids is 1. The highest BCUT2D eigenvalue weighted by atomic mass is 32.1. The molecule has 5 nitrogen and oxygen atoms in total. The van der Waals surface area contributed by atoms with Crippen molar-refractivity contribution in [3.63, 3.8) is 0 Å². The van der Waals surface area contributed by atoms with Gasteiger partial charge in [0.2, 0.25) is 0 Å². The van der Waals surface area contributed by atoms with Gasteiger partial charge in [0.1, 0.15) is 17.0 Å². The molecule has 2 aliphatic rings. The zero-order valence-corrected chi connectivity index (χ0v) is 12.5. The average molecular weight is 302 g/mol. The van der Waals surface area contributed by atoms with Crippen LogP contribution in [-0.2, 0) is 17.6 Å². The van der Waals surface area contributed by atoms with E-state index in [1.54, 1.807) is 17.7 Å². The van der Waals surface area contributed by atoms with E-state index >= 15 is 0 Å². The summed E-state index contributed by atoms with van der Waals surface area (Å²) in [6, 6.07) is -0.553. The number of aryl methyl sites for hydroxylation is 2. The maximum Gasteiger partial charge on any atom is 0.141 e. The Morgan fingerprint density at radius 3 is 3.00 bits per heavy atom. The van der Waals surface area contributed by atoms with Crippen molar-refractivity contribution in [1.82, 2.24) is 9.97 Å². The molecule has 1 atom stereocenters. The fraction of sp³-hybridized carbons (Fsp3) is 0.533. The number of thiophene rings is 1. The Bertz CT molecular complexity index is 712. The lowest BCUT2D eigenvalue weighted by Crippen LogP contribution is -2.44. The number of aromatic nitrogens is 2. The van der Waals surface area contributed by atoms with Crippen molar-refractivity contribution in [3.8, 4) is 0 Å². The van der Waals surface area contributed by atoms with Crippen molar-refractivity contribution < 1.29 is 9.90 Å². The van der Waals surface area contributed by atoms with Gasteiger partial charge in [0, 0.05) is 11.4 Å². The molecule has 2 aromatic heterocycles. The van der Waals surface area contributed by atoms with Crippen LogP contribution >= 0.6 is 11.3 Å². The third-order valence-electron chi connectivity index (χ3n) is 4.53. The third-order valence-corrected chi connectivity index (χ3v) is 5.73. The second-order valence-corrected chi connectivity index (χ2v) is 6.84. The molecule has 1 aliphatic heterocycles. The van der Waals surface area contributed by atoms with Crippen LogP contribution in [0.25, 0.3) is 10.2 Å². The maximum absolute atomic E-state index is 11.4. The van der Waals surface area contributed by atoms with Crippen LogP contribution in [-0.4, -0.2) is 28.5 Å². The van der Waals surface area contributed by atoms with Gasteiger partial charge in [0.25, 0.3) is 0 Å². The molecule has 1 aliphatic carbocycles. The van der Waals surface area contributed by atoms with Crippen molar-refractivity contribution in [1.29, 1.82) is 0 Å². The molecule has 3 heterocycles.